The molecule has 0 unspecified atom stereocenters. The van der Waals surface area contributed by atoms with Gasteiger partial charge >= 0.3 is 0 Å². The number of rotatable bonds is 6. The van der Waals surface area contributed by atoms with Crippen LogP contribution in [0.4, 0.5) is 0 Å². The van der Waals surface area contributed by atoms with E-state index < -0.39 is 0 Å². The third kappa shape index (κ3) is 6.08. The van der Waals surface area contributed by atoms with Crippen molar-refractivity contribution in [3.05, 3.63) is 30.1 Å². The molecule has 0 bridgehead atoms. The zero-order chi connectivity index (χ0) is 19.1. The van der Waals surface area contributed by atoms with Gasteiger partial charge in [0.1, 0.15) is 5.82 Å². The fraction of sp³-hybridized carbons (Fsp3) is 0.550. The highest BCUT2D eigenvalue weighted by atomic mass is 127. The molecule has 8 heteroatoms. The molecule has 2 heterocycles. The van der Waals surface area contributed by atoms with E-state index in [9.17, 15) is 4.79 Å². The van der Waals surface area contributed by atoms with Crippen LogP contribution in [0.15, 0.2) is 29.3 Å². The van der Waals surface area contributed by atoms with E-state index in [2.05, 4.69) is 32.4 Å². The topological polar surface area (TPSA) is 85.4 Å². The summed E-state index contributed by atoms with van der Waals surface area (Å²) < 4.78 is 0. The van der Waals surface area contributed by atoms with Crippen LogP contribution in [0.5, 0.6) is 0 Å². The number of imidazole rings is 1. The number of aliphatic imine (C=N–C) groups is 1. The molecule has 0 spiro atoms. The maximum atomic E-state index is 11.6. The predicted molar refractivity (Wildman–Crippen MR) is 124 cm³/mol. The molecule has 0 aliphatic carbocycles. The average Bonchev–Trinajstić information content (AvgIpc) is 3.10. The number of hydrogen-bond donors (Lipinski definition) is 3. The molecule has 1 amide bonds. The molecule has 1 fully saturated rings. The Kier molecular flexibility index (Phi) is 9.01. The average molecular weight is 498 g/mol. The van der Waals surface area contributed by atoms with Gasteiger partial charge < -0.3 is 20.5 Å². The van der Waals surface area contributed by atoms with Crippen LogP contribution in [-0.4, -0.2) is 60.0 Å². The van der Waals surface area contributed by atoms with Crippen molar-refractivity contribution in [1.29, 1.82) is 0 Å². The summed E-state index contributed by atoms with van der Waals surface area (Å²) in [6.07, 6.45) is 3.48. The molecular weight excluding hydrogens is 467 g/mol. The van der Waals surface area contributed by atoms with Gasteiger partial charge in [-0.05, 0) is 37.8 Å². The summed E-state index contributed by atoms with van der Waals surface area (Å²) >= 11 is 0. The molecule has 0 atom stereocenters. The van der Waals surface area contributed by atoms with Gasteiger partial charge in [0.05, 0.1) is 11.0 Å². The van der Waals surface area contributed by atoms with Crippen LogP contribution in [0.3, 0.4) is 0 Å². The minimum Gasteiger partial charge on any atom is -0.359 e. The molecule has 28 heavy (non-hydrogen) atoms. The molecular formula is C20H31IN6O. The van der Waals surface area contributed by atoms with E-state index in [0.29, 0.717) is 18.9 Å². The highest BCUT2D eigenvalue weighted by molar-refractivity contribution is 14.0. The molecule has 2 aromatic rings. The SMILES string of the molecule is CCNC(=NCCc1nc2ccccc2[nH]1)N1CCC(CC(=O)NC)CC1.I. The number of halogens is 1. The first-order chi connectivity index (χ1) is 13.2. The van der Waals surface area contributed by atoms with Crippen molar-refractivity contribution in [1.82, 2.24) is 25.5 Å². The number of H-pyrrole nitrogens is 1. The molecule has 1 aliphatic heterocycles. The number of carbonyl (C=O) groups is 1. The van der Waals surface area contributed by atoms with E-state index >= 15 is 0 Å². The molecule has 0 radical (unpaired) electrons. The number of carbonyl (C=O) groups excluding carboxylic acids is 1. The van der Waals surface area contributed by atoms with Gasteiger partial charge in [-0.1, -0.05) is 12.1 Å². The first-order valence-electron chi connectivity index (χ1n) is 9.87. The number of benzene rings is 1. The van der Waals surface area contributed by atoms with Crippen LogP contribution in [0.2, 0.25) is 0 Å². The number of nitrogens with one attached hydrogen (secondary N) is 3. The number of aromatic nitrogens is 2. The number of aromatic amines is 1. The molecule has 1 saturated heterocycles. The Bertz CT molecular complexity index is 749. The maximum absolute atomic E-state index is 11.6. The Labute approximate surface area is 183 Å². The number of para-hydroxylation sites is 2. The summed E-state index contributed by atoms with van der Waals surface area (Å²) in [5, 5.41) is 6.12. The third-order valence-electron chi connectivity index (χ3n) is 5.05. The van der Waals surface area contributed by atoms with Crippen molar-refractivity contribution in [2.75, 3.05) is 33.2 Å². The lowest BCUT2D eigenvalue weighted by Gasteiger charge is -2.34. The number of piperidine rings is 1. The van der Waals surface area contributed by atoms with Crippen LogP contribution in [0.25, 0.3) is 11.0 Å². The third-order valence-corrected chi connectivity index (χ3v) is 5.05. The minimum absolute atomic E-state index is 0. The normalized spacial score (nSPS) is 15.4. The van der Waals surface area contributed by atoms with Gasteiger partial charge in [-0.15, -0.1) is 24.0 Å². The fourth-order valence-electron chi connectivity index (χ4n) is 3.53. The lowest BCUT2D eigenvalue weighted by atomic mass is 9.93. The summed E-state index contributed by atoms with van der Waals surface area (Å²) in [6, 6.07) is 8.08. The van der Waals surface area contributed by atoms with Crippen molar-refractivity contribution in [2.45, 2.75) is 32.6 Å². The smallest absolute Gasteiger partial charge is 0.220 e. The van der Waals surface area contributed by atoms with Crippen LogP contribution in [-0.2, 0) is 11.2 Å². The number of hydrogen-bond acceptors (Lipinski definition) is 3. The van der Waals surface area contributed by atoms with E-state index in [1.54, 1.807) is 7.05 Å². The van der Waals surface area contributed by atoms with E-state index in [1.165, 1.54) is 0 Å². The Morgan fingerprint density at radius 3 is 2.75 bits per heavy atom. The second-order valence-electron chi connectivity index (χ2n) is 6.99. The maximum Gasteiger partial charge on any atom is 0.220 e. The van der Waals surface area contributed by atoms with E-state index in [-0.39, 0.29) is 29.9 Å². The zero-order valence-corrected chi connectivity index (χ0v) is 19.0. The minimum atomic E-state index is 0. The Hall–Kier alpha value is -1.84. The van der Waals surface area contributed by atoms with Crippen molar-refractivity contribution in [3.8, 4) is 0 Å². The number of amides is 1. The van der Waals surface area contributed by atoms with Crippen molar-refractivity contribution < 1.29 is 4.79 Å². The van der Waals surface area contributed by atoms with Gasteiger partial charge in [0.2, 0.25) is 5.91 Å². The lowest BCUT2D eigenvalue weighted by molar-refractivity contribution is -0.121. The first kappa shape index (κ1) is 22.4. The zero-order valence-electron chi connectivity index (χ0n) is 16.7. The molecule has 154 valence electrons. The van der Waals surface area contributed by atoms with Gasteiger partial charge in [-0.25, -0.2) is 4.98 Å². The molecule has 7 nitrogen and oxygen atoms in total. The first-order valence-corrected chi connectivity index (χ1v) is 9.87. The van der Waals surface area contributed by atoms with Crippen LogP contribution >= 0.6 is 24.0 Å². The summed E-state index contributed by atoms with van der Waals surface area (Å²) in [5.74, 6) is 2.55. The van der Waals surface area contributed by atoms with Crippen LogP contribution in [0.1, 0.15) is 32.0 Å². The summed E-state index contributed by atoms with van der Waals surface area (Å²) in [6.45, 7) is 5.52. The highest BCUT2D eigenvalue weighted by Gasteiger charge is 2.23. The number of nitrogens with zero attached hydrogens (tertiary/aromatic N) is 3. The van der Waals surface area contributed by atoms with Crippen molar-refractivity contribution in [2.24, 2.45) is 10.9 Å². The summed E-state index contributed by atoms with van der Waals surface area (Å²) in [4.78, 5) is 26.6. The monoisotopic (exact) mass is 498 g/mol. The van der Waals surface area contributed by atoms with Crippen molar-refractivity contribution in [3.63, 3.8) is 0 Å². The quantitative estimate of drug-likeness (QED) is 0.325. The fourth-order valence-corrected chi connectivity index (χ4v) is 3.53. The van der Waals surface area contributed by atoms with Gasteiger partial charge in [0.25, 0.3) is 0 Å². The van der Waals surface area contributed by atoms with Gasteiger partial charge in [0.15, 0.2) is 5.96 Å². The molecule has 1 aromatic heterocycles. The van der Waals surface area contributed by atoms with E-state index in [0.717, 1.165) is 61.7 Å². The standard InChI is InChI=1S/C20H30N6O.HI/c1-3-22-20(26-12-9-15(10-13-26)14-19(27)21-2)23-11-8-18-24-16-6-4-5-7-17(16)25-18;/h4-7,15H,3,8-14H2,1-2H3,(H,21,27)(H,22,23)(H,24,25);1H. The predicted octanol–water partition coefficient (Wildman–Crippen LogP) is 2.54. The Balaban J connectivity index is 0.00000280. The van der Waals surface area contributed by atoms with Gasteiger partial charge in [0, 0.05) is 46.1 Å². The Morgan fingerprint density at radius 1 is 1.32 bits per heavy atom. The second-order valence-corrected chi connectivity index (χ2v) is 6.99. The van der Waals surface area contributed by atoms with E-state index in [1.807, 2.05) is 24.3 Å². The molecule has 0 saturated carbocycles. The van der Waals surface area contributed by atoms with Gasteiger partial charge in [-0.2, -0.15) is 0 Å². The van der Waals surface area contributed by atoms with E-state index in [4.69, 9.17) is 4.99 Å². The van der Waals surface area contributed by atoms with Crippen LogP contribution < -0.4 is 10.6 Å². The summed E-state index contributed by atoms with van der Waals surface area (Å²) in [7, 11) is 1.70. The molecule has 3 N–H and O–H groups in total. The number of likely N-dealkylation sites (tertiary alicyclic amines) is 1. The van der Waals surface area contributed by atoms with Gasteiger partial charge in [-0.3, -0.25) is 9.79 Å². The van der Waals surface area contributed by atoms with Crippen molar-refractivity contribution >= 4 is 46.9 Å². The number of guanidine groups is 1. The highest BCUT2D eigenvalue weighted by Crippen LogP contribution is 2.20. The van der Waals surface area contributed by atoms with Crippen LogP contribution in [0, 0.1) is 5.92 Å². The Morgan fingerprint density at radius 2 is 2.07 bits per heavy atom. The molecule has 1 aliphatic rings. The molecule has 3 rings (SSSR count). The summed E-state index contributed by atoms with van der Waals surface area (Å²) in [5.41, 5.74) is 2.07. The second kappa shape index (κ2) is 11.2. The lowest BCUT2D eigenvalue weighted by Crippen LogP contribution is -2.46. The molecule has 1 aromatic carbocycles. The number of fused-ring (bicyclic) bond motifs is 1. The largest absolute Gasteiger partial charge is 0.359 e.